The molecule has 6 heteroatoms. The fraction of sp³-hybridized carbons (Fsp3) is 0.368. The van der Waals surface area contributed by atoms with Gasteiger partial charge in [0.25, 0.3) is 0 Å². The Morgan fingerprint density at radius 1 is 1.20 bits per heavy atom. The van der Waals surface area contributed by atoms with Crippen LogP contribution in [0.1, 0.15) is 30.4 Å². The molecule has 0 atom stereocenters. The van der Waals surface area contributed by atoms with Gasteiger partial charge < -0.3 is 15.5 Å². The smallest absolute Gasteiger partial charge is 0.319 e. The molecule has 3 rings (SSSR count). The van der Waals surface area contributed by atoms with Gasteiger partial charge >= 0.3 is 6.03 Å². The summed E-state index contributed by atoms with van der Waals surface area (Å²) in [5.74, 6) is 0.623. The summed E-state index contributed by atoms with van der Waals surface area (Å²) >= 11 is 0. The summed E-state index contributed by atoms with van der Waals surface area (Å²) < 4.78 is 13.5. The van der Waals surface area contributed by atoms with Crippen molar-refractivity contribution in [2.24, 2.45) is 0 Å². The molecular weight excluding hydrogens is 319 g/mol. The number of nitrogens with one attached hydrogen (secondary N) is 2. The van der Waals surface area contributed by atoms with Crippen molar-refractivity contribution in [1.82, 2.24) is 10.3 Å². The van der Waals surface area contributed by atoms with Gasteiger partial charge in [0.1, 0.15) is 11.6 Å². The van der Waals surface area contributed by atoms with Crippen molar-refractivity contribution in [1.29, 1.82) is 0 Å². The minimum absolute atomic E-state index is 0.335. The predicted octanol–water partition coefficient (Wildman–Crippen LogP) is 3.84. The van der Waals surface area contributed by atoms with Crippen LogP contribution in [0.25, 0.3) is 0 Å². The molecule has 0 unspecified atom stereocenters. The van der Waals surface area contributed by atoms with E-state index in [-0.39, 0.29) is 11.8 Å². The van der Waals surface area contributed by atoms with E-state index in [4.69, 9.17) is 0 Å². The topological polar surface area (TPSA) is 57.3 Å². The Bertz CT molecular complexity index is 744. The average molecular weight is 342 g/mol. The molecule has 1 aliphatic heterocycles. The van der Waals surface area contributed by atoms with Crippen LogP contribution < -0.4 is 15.5 Å². The van der Waals surface area contributed by atoms with E-state index in [0.717, 1.165) is 24.5 Å². The molecule has 0 aliphatic carbocycles. The van der Waals surface area contributed by atoms with Crippen molar-refractivity contribution in [2.45, 2.75) is 32.7 Å². The number of rotatable bonds is 4. The van der Waals surface area contributed by atoms with Gasteiger partial charge in [0, 0.05) is 31.5 Å². The van der Waals surface area contributed by atoms with Gasteiger partial charge in [-0.05, 0) is 61.6 Å². The second-order valence-electron chi connectivity index (χ2n) is 6.34. The van der Waals surface area contributed by atoms with Crippen LogP contribution >= 0.6 is 0 Å². The van der Waals surface area contributed by atoms with E-state index in [2.05, 4.69) is 20.5 Å². The number of urea groups is 1. The molecule has 0 saturated carbocycles. The minimum Gasteiger partial charge on any atom is -0.357 e. The van der Waals surface area contributed by atoms with Crippen molar-refractivity contribution in [2.75, 3.05) is 23.3 Å². The first-order valence-corrected chi connectivity index (χ1v) is 8.63. The third-order valence-corrected chi connectivity index (χ3v) is 4.37. The zero-order valence-corrected chi connectivity index (χ0v) is 14.4. The molecule has 0 spiro atoms. The normalized spacial score (nSPS) is 14.2. The lowest BCUT2D eigenvalue weighted by molar-refractivity contribution is 0.251. The van der Waals surface area contributed by atoms with Crippen LogP contribution in [0.5, 0.6) is 0 Å². The number of pyridine rings is 1. The van der Waals surface area contributed by atoms with Gasteiger partial charge in [-0.25, -0.2) is 14.2 Å². The molecule has 2 N–H and O–H groups in total. The fourth-order valence-electron chi connectivity index (χ4n) is 2.89. The van der Waals surface area contributed by atoms with E-state index in [1.54, 1.807) is 25.3 Å². The molecule has 2 heterocycles. The quantitative estimate of drug-likeness (QED) is 0.887. The van der Waals surface area contributed by atoms with Crippen LogP contribution in [0.4, 0.5) is 20.7 Å². The van der Waals surface area contributed by atoms with Crippen LogP contribution in [-0.2, 0) is 6.54 Å². The van der Waals surface area contributed by atoms with E-state index in [9.17, 15) is 9.18 Å². The minimum atomic E-state index is -0.361. The maximum atomic E-state index is 13.5. The lowest BCUT2D eigenvalue weighted by Gasteiger charge is -2.27. The number of piperidine rings is 1. The first-order valence-electron chi connectivity index (χ1n) is 8.63. The number of benzene rings is 1. The maximum absolute atomic E-state index is 13.5. The zero-order chi connectivity index (χ0) is 17.6. The Balaban J connectivity index is 1.55. The molecule has 2 aromatic rings. The highest BCUT2D eigenvalue weighted by molar-refractivity contribution is 5.89. The van der Waals surface area contributed by atoms with Gasteiger partial charge in [0.15, 0.2) is 0 Å². The molecule has 1 saturated heterocycles. The van der Waals surface area contributed by atoms with Crippen LogP contribution in [0, 0.1) is 12.7 Å². The lowest BCUT2D eigenvalue weighted by Crippen LogP contribution is -2.31. The number of aryl methyl sites for hydroxylation is 1. The summed E-state index contributed by atoms with van der Waals surface area (Å²) in [6, 6.07) is 8.17. The highest BCUT2D eigenvalue weighted by Crippen LogP contribution is 2.18. The van der Waals surface area contributed by atoms with E-state index >= 15 is 0 Å². The first kappa shape index (κ1) is 17.2. The molecule has 1 fully saturated rings. The summed E-state index contributed by atoms with van der Waals surface area (Å²) in [5, 5.41) is 5.43. The standard InChI is InChI=1S/C19H23FN4O/c1-14-5-6-16(12-17(14)20)23-19(25)22-13-15-7-8-21-18(11-15)24-9-3-2-4-10-24/h5-8,11-12H,2-4,9-10,13H2,1H3,(H2,22,23,25). The van der Waals surface area contributed by atoms with Gasteiger partial charge in [-0.1, -0.05) is 6.07 Å². The summed E-state index contributed by atoms with van der Waals surface area (Å²) in [4.78, 5) is 18.7. The Morgan fingerprint density at radius 3 is 2.76 bits per heavy atom. The number of carbonyl (C=O) groups is 1. The van der Waals surface area contributed by atoms with Gasteiger partial charge in [-0.15, -0.1) is 0 Å². The highest BCUT2D eigenvalue weighted by Gasteiger charge is 2.12. The van der Waals surface area contributed by atoms with E-state index in [0.29, 0.717) is 17.8 Å². The maximum Gasteiger partial charge on any atom is 0.319 e. The number of amides is 2. The Hall–Kier alpha value is -2.63. The average Bonchev–Trinajstić information content (AvgIpc) is 2.64. The van der Waals surface area contributed by atoms with Gasteiger partial charge in [0.2, 0.25) is 0 Å². The van der Waals surface area contributed by atoms with E-state index < -0.39 is 0 Å². The largest absolute Gasteiger partial charge is 0.357 e. The van der Waals surface area contributed by atoms with Crippen molar-refractivity contribution in [3.8, 4) is 0 Å². The lowest BCUT2D eigenvalue weighted by atomic mass is 10.1. The molecule has 1 aromatic heterocycles. The molecule has 5 nitrogen and oxygen atoms in total. The number of halogens is 1. The van der Waals surface area contributed by atoms with Gasteiger partial charge in [0.05, 0.1) is 0 Å². The molecule has 25 heavy (non-hydrogen) atoms. The van der Waals surface area contributed by atoms with Crippen LogP contribution in [0.2, 0.25) is 0 Å². The van der Waals surface area contributed by atoms with Crippen molar-refractivity contribution in [3.05, 3.63) is 53.5 Å². The third kappa shape index (κ3) is 4.68. The number of aromatic nitrogens is 1. The second-order valence-corrected chi connectivity index (χ2v) is 6.34. The molecule has 132 valence electrons. The molecule has 2 amide bonds. The number of hydrogen-bond donors (Lipinski definition) is 2. The number of nitrogens with zero attached hydrogens (tertiary/aromatic N) is 2. The van der Waals surface area contributed by atoms with Gasteiger partial charge in [-0.3, -0.25) is 0 Å². The zero-order valence-electron chi connectivity index (χ0n) is 14.4. The summed E-state index contributed by atoms with van der Waals surface area (Å²) in [6.07, 6.45) is 5.44. The molecule has 1 aliphatic rings. The number of hydrogen-bond acceptors (Lipinski definition) is 3. The molecule has 0 radical (unpaired) electrons. The van der Waals surface area contributed by atoms with Crippen molar-refractivity contribution >= 4 is 17.5 Å². The van der Waals surface area contributed by atoms with E-state index in [1.165, 1.54) is 25.3 Å². The highest BCUT2D eigenvalue weighted by atomic mass is 19.1. The second kappa shape index (κ2) is 7.96. The predicted molar refractivity (Wildman–Crippen MR) is 97.3 cm³/mol. The Kier molecular flexibility index (Phi) is 5.48. The molecular formula is C19H23FN4O. The monoisotopic (exact) mass is 342 g/mol. The summed E-state index contributed by atoms with van der Waals surface area (Å²) in [7, 11) is 0. The first-order chi connectivity index (χ1) is 12.1. The van der Waals surface area contributed by atoms with E-state index in [1.807, 2.05) is 12.1 Å². The van der Waals surface area contributed by atoms with Gasteiger partial charge in [-0.2, -0.15) is 0 Å². The molecule has 0 bridgehead atoms. The number of anilines is 2. The number of carbonyl (C=O) groups excluding carboxylic acids is 1. The Morgan fingerprint density at radius 2 is 2.00 bits per heavy atom. The van der Waals surface area contributed by atoms with Crippen molar-refractivity contribution in [3.63, 3.8) is 0 Å². The Labute approximate surface area is 147 Å². The fourth-order valence-corrected chi connectivity index (χ4v) is 2.89. The summed E-state index contributed by atoms with van der Waals surface area (Å²) in [5.41, 5.74) is 1.97. The van der Waals surface area contributed by atoms with Crippen LogP contribution in [0.3, 0.4) is 0 Å². The summed E-state index contributed by atoms with van der Waals surface area (Å²) in [6.45, 7) is 4.14. The molecule has 1 aromatic carbocycles. The van der Waals surface area contributed by atoms with Crippen LogP contribution in [0.15, 0.2) is 36.5 Å². The SMILES string of the molecule is Cc1ccc(NC(=O)NCc2ccnc(N3CCCCC3)c2)cc1F. The van der Waals surface area contributed by atoms with Crippen molar-refractivity contribution < 1.29 is 9.18 Å². The van der Waals surface area contributed by atoms with Crippen LogP contribution in [-0.4, -0.2) is 24.1 Å². The third-order valence-electron chi connectivity index (χ3n) is 4.37.